The minimum absolute atomic E-state index is 0.215. The summed E-state index contributed by atoms with van der Waals surface area (Å²) in [6.45, 7) is 7.15. The van der Waals surface area contributed by atoms with Crippen LogP contribution in [0.1, 0.15) is 104 Å². The van der Waals surface area contributed by atoms with Crippen LogP contribution in [0.15, 0.2) is 12.2 Å². The Morgan fingerprint density at radius 1 is 0.808 bits per heavy atom. The molecule has 0 rings (SSSR count). The highest BCUT2D eigenvalue weighted by molar-refractivity contribution is 5.75. The molecule has 0 aliphatic rings. The first-order valence-electron chi connectivity index (χ1n) is 11.3. The van der Waals surface area contributed by atoms with E-state index in [1.807, 2.05) is 0 Å². The summed E-state index contributed by atoms with van der Waals surface area (Å²) in [5.41, 5.74) is 0. The normalized spacial score (nSPS) is 11.5. The zero-order chi connectivity index (χ0) is 19.3. The monoisotopic (exact) mass is 366 g/mol. The fraction of sp³-hybridized carbons (Fsp3) is 0.870. The van der Waals surface area contributed by atoms with Gasteiger partial charge in [0.2, 0.25) is 5.91 Å². The molecule has 0 radical (unpaired) electrons. The molecule has 3 heteroatoms. The number of carbonyl (C=O) groups excluding carboxylic acids is 1. The predicted octanol–water partition coefficient (Wildman–Crippen LogP) is 6.09. The molecule has 0 heterocycles. The molecule has 0 spiro atoms. The van der Waals surface area contributed by atoms with Crippen molar-refractivity contribution in [2.24, 2.45) is 0 Å². The van der Waals surface area contributed by atoms with Crippen LogP contribution in [-0.4, -0.2) is 37.5 Å². The van der Waals surface area contributed by atoms with Gasteiger partial charge >= 0.3 is 0 Å². The number of hydrogen-bond acceptors (Lipinski definition) is 2. The molecule has 0 aromatic heterocycles. The van der Waals surface area contributed by atoms with Crippen LogP contribution < -0.4 is 5.32 Å². The van der Waals surface area contributed by atoms with Gasteiger partial charge in [-0.15, -0.1) is 0 Å². The van der Waals surface area contributed by atoms with Gasteiger partial charge in [0.1, 0.15) is 0 Å². The molecule has 1 N–H and O–H groups in total. The van der Waals surface area contributed by atoms with Gasteiger partial charge in [-0.1, -0.05) is 77.4 Å². The second-order valence-electron chi connectivity index (χ2n) is 7.58. The molecule has 0 aromatic rings. The SMILES string of the molecule is CCCCCCCC/C=C\CCCCCCCC(=O)NCCN(C)CC. The van der Waals surface area contributed by atoms with Crippen molar-refractivity contribution < 1.29 is 4.79 Å². The van der Waals surface area contributed by atoms with E-state index in [1.165, 1.54) is 77.0 Å². The van der Waals surface area contributed by atoms with E-state index in [9.17, 15) is 4.79 Å². The van der Waals surface area contributed by atoms with E-state index in [2.05, 4.69) is 43.3 Å². The molecule has 0 aliphatic heterocycles. The van der Waals surface area contributed by atoms with Gasteiger partial charge in [-0.2, -0.15) is 0 Å². The van der Waals surface area contributed by atoms with Gasteiger partial charge in [0.15, 0.2) is 0 Å². The predicted molar refractivity (Wildman–Crippen MR) is 116 cm³/mol. The Morgan fingerprint density at radius 3 is 1.92 bits per heavy atom. The van der Waals surface area contributed by atoms with Gasteiger partial charge in [0.25, 0.3) is 0 Å². The average molecular weight is 367 g/mol. The van der Waals surface area contributed by atoms with E-state index in [1.54, 1.807) is 0 Å². The number of carbonyl (C=O) groups is 1. The van der Waals surface area contributed by atoms with Gasteiger partial charge in [-0.05, 0) is 45.7 Å². The standard InChI is InChI=1S/C23H46N2O/c1-4-6-7-8-9-10-11-12-13-14-15-16-17-18-19-20-23(26)24-21-22-25(3)5-2/h12-13H,4-11,14-22H2,1-3H3,(H,24,26)/b13-12-. The van der Waals surface area contributed by atoms with E-state index in [4.69, 9.17) is 0 Å². The third-order valence-corrected chi connectivity index (χ3v) is 5.02. The summed E-state index contributed by atoms with van der Waals surface area (Å²) in [6, 6.07) is 0. The zero-order valence-corrected chi connectivity index (χ0v) is 18.0. The second-order valence-corrected chi connectivity index (χ2v) is 7.58. The fourth-order valence-corrected chi connectivity index (χ4v) is 2.99. The zero-order valence-electron chi connectivity index (χ0n) is 18.0. The van der Waals surface area contributed by atoms with Crippen molar-refractivity contribution in [3.63, 3.8) is 0 Å². The maximum atomic E-state index is 11.7. The fourth-order valence-electron chi connectivity index (χ4n) is 2.99. The molecule has 1 amide bonds. The molecule has 0 unspecified atom stereocenters. The number of amides is 1. The molecule has 3 nitrogen and oxygen atoms in total. The molecule has 154 valence electrons. The van der Waals surface area contributed by atoms with E-state index in [0.717, 1.165) is 26.1 Å². The minimum atomic E-state index is 0.215. The molecular weight excluding hydrogens is 320 g/mol. The minimum Gasteiger partial charge on any atom is -0.355 e. The largest absolute Gasteiger partial charge is 0.355 e. The van der Waals surface area contributed by atoms with Gasteiger partial charge < -0.3 is 10.2 Å². The van der Waals surface area contributed by atoms with Crippen molar-refractivity contribution in [3.8, 4) is 0 Å². The summed E-state index contributed by atoms with van der Waals surface area (Å²) >= 11 is 0. The molecular formula is C23H46N2O. The second kappa shape index (κ2) is 20.5. The number of nitrogens with zero attached hydrogens (tertiary/aromatic N) is 1. The van der Waals surface area contributed by atoms with E-state index < -0.39 is 0 Å². The van der Waals surface area contributed by atoms with Crippen LogP contribution >= 0.6 is 0 Å². The van der Waals surface area contributed by atoms with Crippen molar-refractivity contribution in [1.82, 2.24) is 10.2 Å². The first kappa shape index (κ1) is 25.2. The highest BCUT2D eigenvalue weighted by Gasteiger charge is 2.01. The number of likely N-dealkylation sites (N-methyl/N-ethyl adjacent to an activating group) is 1. The van der Waals surface area contributed by atoms with Crippen LogP contribution in [0.2, 0.25) is 0 Å². The highest BCUT2D eigenvalue weighted by Crippen LogP contribution is 2.09. The summed E-state index contributed by atoms with van der Waals surface area (Å²) in [7, 11) is 2.08. The number of hydrogen-bond donors (Lipinski definition) is 1. The van der Waals surface area contributed by atoms with E-state index in [0.29, 0.717) is 6.42 Å². The molecule has 0 aromatic carbocycles. The maximum absolute atomic E-state index is 11.7. The van der Waals surface area contributed by atoms with Crippen molar-refractivity contribution in [2.75, 3.05) is 26.7 Å². The van der Waals surface area contributed by atoms with Crippen LogP contribution in [0.4, 0.5) is 0 Å². The summed E-state index contributed by atoms with van der Waals surface area (Å²) < 4.78 is 0. The molecule has 0 atom stereocenters. The van der Waals surface area contributed by atoms with Crippen molar-refractivity contribution in [2.45, 2.75) is 104 Å². The molecule has 0 bridgehead atoms. The quantitative estimate of drug-likeness (QED) is 0.221. The number of unbranched alkanes of at least 4 members (excludes halogenated alkanes) is 11. The van der Waals surface area contributed by atoms with Crippen LogP contribution in [0.5, 0.6) is 0 Å². The third kappa shape index (κ3) is 19.5. The van der Waals surface area contributed by atoms with Crippen molar-refractivity contribution in [3.05, 3.63) is 12.2 Å². The summed E-state index contributed by atoms with van der Waals surface area (Å²) in [6.07, 6.45) is 22.3. The average Bonchev–Trinajstić information content (AvgIpc) is 2.64. The Balaban J connectivity index is 3.23. The van der Waals surface area contributed by atoms with Crippen molar-refractivity contribution >= 4 is 5.91 Å². The number of allylic oxidation sites excluding steroid dienone is 2. The van der Waals surface area contributed by atoms with Crippen LogP contribution in [0.3, 0.4) is 0 Å². The topological polar surface area (TPSA) is 32.3 Å². The first-order chi connectivity index (χ1) is 12.7. The highest BCUT2D eigenvalue weighted by atomic mass is 16.1. The summed E-state index contributed by atoms with van der Waals surface area (Å²) in [4.78, 5) is 13.9. The van der Waals surface area contributed by atoms with E-state index >= 15 is 0 Å². The molecule has 0 aliphatic carbocycles. The molecule has 0 saturated heterocycles. The molecule has 26 heavy (non-hydrogen) atoms. The van der Waals surface area contributed by atoms with Gasteiger partial charge in [-0.25, -0.2) is 0 Å². The smallest absolute Gasteiger partial charge is 0.220 e. The summed E-state index contributed by atoms with van der Waals surface area (Å²) in [5, 5.41) is 3.01. The first-order valence-corrected chi connectivity index (χ1v) is 11.3. The van der Waals surface area contributed by atoms with E-state index in [-0.39, 0.29) is 5.91 Å². The lowest BCUT2D eigenvalue weighted by Crippen LogP contribution is -2.32. The molecule has 0 saturated carbocycles. The Kier molecular flexibility index (Phi) is 19.8. The lowest BCUT2D eigenvalue weighted by atomic mass is 10.1. The lowest BCUT2D eigenvalue weighted by molar-refractivity contribution is -0.121. The van der Waals surface area contributed by atoms with Gasteiger partial charge in [0, 0.05) is 19.5 Å². The number of rotatable bonds is 19. The van der Waals surface area contributed by atoms with Gasteiger partial charge in [-0.3, -0.25) is 4.79 Å². The maximum Gasteiger partial charge on any atom is 0.220 e. The van der Waals surface area contributed by atoms with Crippen LogP contribution in [-0.2, 0) is 4.79 Å². The Bertz CT molecular complexity index is 328. The summed E-state index contributed by atoms with van der Waals surface area (Å²) in [5.74, 6) is 0.215. The number of nitrogens with one attached hydrogen (secondary N) is 1. The van der Waals surface area contributed by atoms with Crippen LogP contribution in [0, 0.1) is 0 Å². The molecule has 0 fully saturated rings. The van der Waals surface area contributed by atoms with Crippen molar-refractivity contribution in [1.29, 1.82) is 0 Å². The van der Waals surface area contributed by atoms with Crippen LogP contribution in [0.25, 0.3) is 0 Å². The Morgan fingerprint density at radius 2 is 1.35 bits per heavy atom. The Hall–Kier alpha value is -0.830. The Labute approximate surface area is 164 Å². The third-order valence-electron chi connectivity index (χ3n) is 5.02. The lowest BCUT2D eigenvalue weighted by Gasteiger charge is -2.13. The van der Waals surface area contributed by atoms with Gasteiger partial charge in [0.05, 0.1) is 0 Å².